The van der Waals surface area contributed by atoms with Gasteiger partial charge in [0.15, 0.2) is 5.82 Å². The van der Waals surface area contributed by atoms with Gasteiger partial charge in [-0.3, -0.25) is 0 Å². The maximum atomic E-state index is 6.75. The lowest BCUT2D eigenvalue weighted by molar-refractivity contribution is 0.673. The van der Waals surface area contributed by atoms with Gasteiger partial charge in [-0.15, -0.1) is 0 Å². The molecule has 0 bridgehead atoms. The highest BCUT2D eigenvalue weighted by molar-refractivity contribution is 7.00. The molecular formula is C76H48BN5O. The molecule has 0 fully saturated rings. The molecule has 6 nitrogen and oxygen atoms in total. The molecule has 0 unspecified atom stereocenters. The normalized spacial score (nSPS) is 12.5. The second kappa shape index (κ2) is 18.8. The van der Waals surface area contributed by atoms with Gasteiger partial charge in [0.25, 0.3) is 6.71 Å². The average molecular weight is 1060 g/mol. The molecule has 0 N–H and O–H groups in total. The van der Waals surface area contributed by atoms with Gasteiger partial charge in [0.1, 0.15) is 11.2 Å². The summed E-state index contributed by atoms with van der Waals surface area (Å²) in [6, 6.07) is 105. The highest BCUT2D eigenvalue weighted by Crippen LogP contribution is 2.46. The highest BCUT2D eigenvalue weighted by atomic mass is 16.3. The van der Waals surface area contributed by atoms with E-state index in [9.17, 15) is 0 Å². The first-order valence-corrected chi connectivity index (χ1v) is 28.3. The van der Waals surface area contributed by atoms with Crippen LogP contribution in [0, 0.1) is 0 Å². The summed E-state index contributed by atoms with van der Waals surface area (Å²) >= 11 is 0. The van der Waals surface area contributed by atoms with E-state index in [0.29, 0.717) is 5.82 Å². The number of hydrogen-bond donors (Lipinski definition) is 0. The van der Waals surface area contributed by atoms with Crippen molar-refractivity contribution in [2.24, 2.45) is 0 Å². The first kappa shape index (κ1) is 46.9. The second-order valence-electron chi connectivity index (χ2n) is 21.6. The monoisotopic (exact) mass is 1060 g/mol. The molecule has 3 aromatic heterocycles. The van der Waals surface area contributed by atoms with Gasteiger partial charge in [0, 0.05) is 72.5 Å². The van der Waals surface area contributed by atoms with Crippen molar-refractivity contribution in [3.8, 4) is 61.8 Å². The molecule has 83 heavy (non-hydrogen) atoms. The number of rotatable bonds is 8. The maximum Gasteiger partial charge on any atom is 0.252 e. The number of anilines is 6. The third-order valence-corrected chi connectivity index (χ3v) is 17.0. The molecule has 12 aromatic carbocycles. The van der Waals surface area contributed by atoms with E-state index in [-0.39, 0.29) is 6.71 Å². The first-order valence-electron chi connectivity index (χ1n) is 28.3. The largest absolute Gasteiger partial charge is 0.455 e. The Labute approximate surface area is 480 Å². The molecule has 17 rings (SSSR count). The molecule has 15 aromatic rings. The molecule has 0 saturated carbocycles. The van der Waals surface area contributed by atoms with Gasteiger partial charge in [-0.05, 0) is 124 Å². The topological polar surface area (TPSA) is 50.3 Å². The van der Waals surface area contributed by atoms with Crippen molar-refractivity contribution < 1.29 is 4.42 Å². The van der Waals surface area contributed by atoms with E-state index in [2.05, 4.69) is 275 Å². The van der Waals surface area contributed by atoms with E-state index in [1.165, 1.54) is 39.1 Å². The van der Waals surface area contributed by atoms with Crippen molar-refractivity contribution in [1.29, 1.82) is 0 Å². The summed E-state index contributed by atoms with van der Waals surface area (Å²) in [5, 5.41) is 4.45. The lowest BCUT2D eigenvalue weighted by atomic mass is 9.33. The summed E-state index contributed by atoms with van der Waals surface area (Å²) in [6.07, 6.45) is 0. The summed E-state index contributed by atoms with van der Waals surface area (Å²) in [4.78, 5) is 15.3. The number of para-hydroxylation sites is 5. The lowest BCUT2D eigenvalue weighted by Crippen LogP contribution is -2.61. The molecule has 2 aliphatic rings. The Balaban J connectivity index is 0.797. The van der Waals surface area contributed by atoms with Crippen molar-refractivity contribution in [3.05, 3.63) is 291 Å². The summed E-state index contributed by atoms with van der Waals surface area (Å²) in [5.41, 5.74) is 25.1. The third-order valence-electron chi connectivity index (χ3n) is 17.0. The van der Waals surface area contributed by atoms with Crippen LogP contribution in [0.15, 0.2) is 296 Å². The predicted octanol–water partition coefficient (Wildman–Crippen LogP) is 17.9. The predicted molar refractivity (Wildman–Crippen MR) is 345 cm³/mol. The first-order chi connectivity index (χ1) is 41.2. The quantitative estimate of drug-likeness (QED) is 0.142. The third kappa shape index (κ3) is 7.45. The van der Waals surface area contributed by atoms with Crippen LogP contribution in [-0.2, 0) is 0 Å². The molecule has 2 aliphatic heterocycles. The van der Waals surface area contributed by atoms with Gasteiger partial charge < -0.3 is 18.8 Å². The Morgan fingerprint density at radius 3 is 1.55 bits per heavy atom. The van der Waals surface area contributed by atoms with Crippen LogP contribution < -0.4 is 26.2 Å². The molecule has 0 saturated heterocycles. The second-order valence-corrected chi connectivity index (χ2v) is 21.6. The van der Waals surface area contributed by atoms with Crippen molar-refractivity contribution in [2.45, 2.75) is 0 Å². The smallest absolute Gasteiger partial charge is 0.252 e. The summed E-state index contributed by atoms with van der Waals surface area (Å²) in [5.74, 6) is 0.678. The molecule has 0 radical (unpaired) electrons. The van der Waals surface area contributed by atoms with E-state index in [4.69, 9.17) is 14.4 Å². The fourth-order valence-corrected chi connectivity index (χ4v) is 13.3. The van der Waals surface area contributed by atoms with Crippen molar-refractivity contribution >= 4 is 101 Å². The Kier molecular flexibility index (Phi) is 10.6. The minimum atomic E-state index is 0.0887. The fourth-order valence-electron chi connectivity index (χ4n) is 13.3. The standard InChI is InChI=1S/C76H48BN5O/c1-4-19-52(20-5-1)63-48-64(79-76(78-63)53-21-6-2-7-22-53)54-41-45-66(82-65-29-14-10-26-59(65)73-69(82)46-44-58-57-25-11-17-34-72(57)83-75(58)73)60(47-54)51-37-35-49(36-38-51)50-39-42-56(43-40-50)81-68-31-16-13-28-62(68)77-61-27-12-15-30-67(61)80(55-23-8-3-9-24-55)70-32-18-33-71(81)74(70)77/h1-48H. The summed E-state index contributed by atoms with van der Waals surface area (Å²) in [6.45, 7) is 0.0887. The Hall–Kier alpha value is -11.0. The van der Waals surface area contributed by atoms with Crippen molar-refractivity contribution in [2.75, 3.05) is 9.80 Å². The zero-order chi connectivity index (χ0) is 54.5. The number of hydrogen-bond acceptors (Lipinski definition) is 5. The molecule has 0 spiro atoms. The number of benzene rings is 12. The van der Waals surface area contributed by atoms with Crippen LogP contribution in [0.5, 0.6) is 0 Å². The number of aromatic nitrogens is 3. The Morgan fingerprint density at radius 1 is 0.325 bits per heavy atom. The zero-order valence-electron chi connectivity index (χ0n) is 44.9. The van der Waals surface area contributed by atoms with Gasteiger partial charge in [-0.1, -0.05) is 200 Å². The van der Waals surface area contributed by atoms with Crippen LogP contribution in [0.2, 0.25) is 0 Å². The van der Waals surface area contributed by atoms with Crippen LogP contribution in [0.1, 0.15) is 0 Å². The summed E-state index contributed by atoms with van der Waals surface area (Å²) < 4.78 is 9.17. The van der Waals surface area contributed by atoms with Crippen LogP contribution in [0.3, 0.4) is 0 Å². The van der Waals surface area contributed by atoms with Gasteiger partial charge in [0.05, 0.1) is 33.5 Å². The molecule has 7 heteroatoms. The number of nitrogens with zero attached hydrogens (tertiary/aromatic N) is 5. The van der Waals surface area contributed by atoms with E-state index < -0.39 is 0 Å². The minimum absolute atomic E-state index is 0.0887. The Morgan fingerprint density at radius 2 is 0.855 bits per heavy atom. The van der Waals surface area contributed by atoms with Gasteiger partial charge >= 0.3 is 0 Å². The molecule has 0 aliphatic carbocycles. The van der Waals surface area contributed by atoms with Crippen LogP contribution >= 0.6 is 0 Å². The van der Waals surface area contributed by atoms with E-state index in [1.54, 1.807) is 0 Å². The summed E-state index contributed by atoms with van der Waals surface area (Å²) in [7, 11) is 0. The number of furan rings is 1. The SMILES string of the molecule is c1ccc(-c2cc(-c3ccc(-n4c5ccccc5c5c6oc7ccccc7c6ccc54)c(-c4ccc(-c5ccc(N6c7ccccc7B7c8ccccc8N(c8ccccc8)c8cccc6c87)cc5)cc4)c3)nc(-c3ccccc3)n2)cc1. The van der Waals surface area contributed by atoms with Gasteiger partial charge in [-0.25, -0.2) is 9.97 Å². The lowest BCUT2D eigenvalue weighted by Gasteiger charge is -2.44. The Bertz CT molecular complexity index is 4980. The van der Waals surface area contributed by atoms with Gasteiger partial charge in [-0.2, -0.15) is 0 Å². The minimum Gasteiger partial charge on any atom is -0.455 e. The molecular weight excluding hydrogens is 1010 g/mol. The number of fused-ring (bicyclic) bond motifs is 11. The molecule has 386 valence electrons. The van der Waals surface area contributed by atoms with Crippen molar-refractivity contribution in [3.63, 3.8) is 0 Å². The van der Waals surface area contributed by atoms with E-state index in [0.717, 1.165) is 111 Å². The van der Waals surface area contributed by atoms with Crippen LogP contribution in [-0.4, -0.2) is 21.2 Å². The fraction of sp³-hybridized carbons (Fsp3) is 0. The zero-order valence-corrected chi connectivity index (χ0v) is 44.9. The maximum absolute atomic E-state index is 6.75. The van der Waals surface area contributed by atoms with Gasteiger partial charge in [0.2, 0.25) is 0 Å². The average Bonchev–Trinajstić information content (AvgIpc) is 3.02. The molecule has 0 amide bonds. The highest BCUT2D eigenvalue weighted by Gasteiger charge is 2.42. The van der Waals surface area contributed by atoms with Crippen molar-refractivity contribution in [1.82, 2.24) is 14.5 Å². The van der Waals surface area contributed by atoms with E-state index >= 15 is 0 Å². The molecule has 5 heterocycles. The van der Waals surface area contributed by atoms with E-state index in [1.807, 2.05) is 30.3 Å². The van der Waals surface area contributed by atoms with Crippen LogP contribution in [0.4, 0.5) is 34.1 Å². The molecule has 0 atom stereocenters. The van der Waals surface area contributed by atoms with Crippen LogP contribution in [0.25, 0.3) is 106 Å².